The highest BCUT2D eigenvalue weighted by Gasteiger charge is 2.31. The second-order valence-corrected chi connectivity index (χ2v) is 5.55. The van der Waals surface area contributed by atoms with Crippen LogP contribution in [-0.4, -0.2) is 48.4 Å². The summed E-state index contributed by atoms with van der Waals surface area (Å²) < 4.78 is 25.9. The number of nitrogens with one attached hydrogen (secondary N) is 1. The minimum Gasteiger partial charge on any atom is -0.314 e. The van der Waals surface area contributed by atoms with Gasteiger partial charge in [-0.05, 0) is 6.92 Å². The molecule has 0 spiro atoms. The van der Waals surface area contributed by atoms with E-state index >= 15 is 0 Å². The van der Waals surface area contributed by atoms with Crippen LogP contribution in [0.25, 0.3) is 0 Å². The highest BCUT2D eigenvalue weighted by atomic mass is 32.2. The van der Waals surface area contributed by atoms with Crippen molar-refractivity contribution in [1.29, 1.82) is 0 Å². The van der Waals surface area contributed by atoms with Crippen molar-refractivity contribution in [1.82, 2.24) is 19.6 Å². The van der Waals surface area contributed by atoms with Gasteiger partial charge in [-0.2, -0.15) is 4.31 Å². The van der Waals surface area contributed by atoms with E-state index in [-0.39, 0.29) is 11.1 Å². The maximum Gasteiger partial charge on any atom is 0.262 e. The van der Waals surface area contributed by atoms with Gasteiger partial charge in [-0.25, -0.2) is 13.4 Å². The molecule has 0 amide bonds. The number of hydrogen-bond donors (Lipinski definition) is 1. The van der Waals surface area contributed by atoms with Crippen LogP contribution in [0.3, 0.4) is 0 Å². The number of rotatable bonds is 2. The van der Waals surface area contributed by atoms with Crippen LogP contribution in [0, 0.1) is 0 Å². The van der Waals surface area contributed by atoms with E-state index in [0.29, 0.717) is 19.6 Å². The van der Waals surface area contributed by atoms with Crippen molar-refractivity contribution < 1.29 is 8.42 Å². The summed E-state index contributed by atoms with van der Waals surface area (Å²) in [7, 11) is -3.49. The molecule has 0 radical (unpaired) electrons. The van der Waals surface area contributed by atoms with E-state index in [1.165, 1.54) is 22.9 Å². The van der Waals surface area contributed by atoms with Crippen LogP contribution in [0.4, 0.5) is 0 Å². The number of piperazine rings is 1. The third-order valence-corrected chi connectivity index (χ3v) is 4.45. The Morgan fingerprint density at radius 2 is 2.31 bits per heavy atom. The van der Waals surface area contributed by atoms with Gasteiger partial charge in [-0.3, -0.25) is 4.98 Å². The molecule has 1 aliphatic heterocycles. The van der Waals surface area contributed by atoms with E-state index in [2.05, 4.69) is 15.3 Å². The van der Waals surface area contributed by atoms with E-state index in [1.807, 2.05) is 6.92 Å². The fraction of sp³-hybridized carbons (Fsp3) is 0.556. The third kappa shape index (κ3) is 2.06. The molecule has 1 atom stereocenters. The highest BCUT2D eigenvalue weighted by molar-refractivity contribution is 7.89. The first-order valence-corrected chi connectivity index (χ1v) is 6.55. The van der Waals surface area contributed by atoms with Crippen molar-refractivity contribution in [3.63, 3.8) is 0 Å². The Bertz CT molecular complexity index is 448. The Labute approximate surface area is 94.8 Å². The lowest BCUT2D eigenvalue weighted by atomic mass is 10.3. The molecular weight excluding hydrogens is 228 g/mol. The molecule has 1 saturated heterocycles. The fourth-order valence-electron chi connectivity index (χ4n) is 1.72. The minimum atomic E-state index is -3.49. The Balaban J connectivity index is 2.32. The Morgan fingerprint density at radius 1 is 1.50 bits per heavy atom. The summed E-state index contributed by atoms with van der Waals surface area (Å²) in [6.07, 6.45) is 4.13. The van der Waals surface area contributed by atoms with Crippen LogP contribution in [0.5, 0.6) is 0 Å². The molecule has 7 heteroatoms. The second kappa shape index (κ2) is 4.44. The average Bonchev–Trinajstić information content (AvgIpc) is 2.30. The molecule has 0 aliphatic carbocycles. The Morgan fingerprint density at radius 3 is 2.94 bits per heavy atom. The van der Waals surface area contributed by atoms with Gasteiger partial charge in [0.15, 0.2) is 5.03 Å². The van der Waals surface area contributed by atoms with Crippen molar-refractivity contribution in [2.75, 3.05) is 19.6 Å². The largest absolute Gasteiger partial charge is 0.314 e. The van der Waals surface area contributed by atoms with Crippen molar-refractivity contribution in [2.24, 2.45) is 0 Å². The van der Waals surface area contributed by atoms with Gasteiger partial charge in [0.05, 0.1) is 6.20 Å². The molecule has 1 N–H and O–H groups in total. The van der Waals surface area contributed by atoms with E-state index in [0.717, 1.165) is 0 Å². The molecule has 0 saturated carbocycles. The summed E-state index contributed by atoms with van der Waals surface area (Å²) in [5.74, 6) is 0. The summed E-state index contributed by atoms with van der Waals surface area (Å²) in [6, 6.07) is -0.0549. The standard InChI is InChI=1S/C9H14N4O2S/c1-8-6-11-4-5-13(8)16(14,15)9-7-10-2-3-12-9/h2-3,7-8,11H,4-6H2,1H3. The van der Waals surface area contributed by atoms with Crippen molar-refractivity contribution in [3.05, 3.63) is 18.6 Å². The van der Waals surface area contributed by atoms with Crippen LogP contribution in [-0.2, 0) is 10.0 Å². The molecule has 1 fully saturated rings. The van der Waals surface area contributed by atoms with Crippen LogP contribution < -0.4 is 5.32 Å². The zero-order valence-electron chi connectivity index (χ0n) is 9.00. The number of hydrogen-bond acceptors (Lipinski definition) is 5. The average molecular weight is 242 g/mol. The van der Waals surface area contributed by atoms with Gasteiger partial charge >= 0.3 is 0 Å². The van der Waals surface area contributed by atoms with Crippen molar-refractivity contribution in [2.45, 2.75) is 18.0 Å². The third-order valence-electron chi connectivity index (χ3n) is 2.55. The van der Waals surface area contributed by atoms with Crippen molar-refractivity contribution >= 4 is 10.0 Å². The molecule has 2 heterocycles. The Hall–Kier alpha value is -1.05. The zero-order valence-corrected chi connectivity index (χ0v) is 9.81. The number of nitrogens with zero attached hydrogens (tertiary/aromatic N) is 3. The molecule has 88 valence electrons. The van der Waals surface area contributed by atoms with Gasteiger partial charge in [-0.15, -0.1) is 0 Å². The van der Waals surface area contributed by atoms with Crippen molar-refractivity contribution in [3.8, 4) is 0 Å². The lowest BCUT2D eigenvalue weighted by molar-refractivity contribution is 0.283. The van der Waals surface area contributed by atoms with Crippen LogP contribution in [0.15, 0.2) is 23.6 Å². The molecule has 1 aromatic rings. The van der Waals surface area contributed by atoms with Gasteiger partial charge in [-0.1, -0.05) is 0 Å². The lowest BCUT2D eigenvalue weighted by Gasteiger charge is -2.32. The SMILES string of the molecule is CC1CNCCN1S(=O)(=O)c1cnccn1. The van der Waals surface area contributed by atoms with E-state index in [9.17, 15) is 8.42 Å². The summed E-state index contributed by atoms with van der Waals surface area (Å²) in [5, 5.41) is 3.16. The van der Waals surface area contributed by atoms with E-state index in [4.69, 9.17) is 0 Å². The first-order chi connectivity index (χ1) is 7.62. The quantitative estimate of drug-likeness (QED) is 0.754. The van der Waals surface area contributed by atoms with Crippen LogP contribution in [0.2, 0.25) is 0 Å². The predicted molar refractivity (Wildman–Crippen MR) is 58.3 cm³/mol. The number of aromatic nitrogens is 2. The summed E-state index contributed by atoms with van der Waals surface area (Å²) >= 11 is 0. The fourth-order valence-corrected chi connectivity index (χ4v) is 3.23. The first-order valence-electron chi connectivity index (χ1n) is 5.11. The van der Waals surface area contributed by atoms with E-state index in [1.54, 1.807) is 0 Å². The summed E-state index contributed by atoms with van der Waals surface area (Å²) in [6.45, 7) is 3.68. The van der Waals surface area contributed by atoms with Gasteiger partial charge < -0.3 is 5.32 Å². The molecule has 1 aromatic heterocycles. The maximum absolute atomic E-state index is 12.2. The lowest BCUT2D eigenvalue weighted by Crippen LogP contribution is -2.52. The molecule has 0 aromatic carbocycles. The smallest absolute Gasteiger partial charge is 0.262 e. The monoisotopic (exact) mass is 242 g/mol. The molecule has 2 rings (SSSR count). The first kappa shape index (κ1) is 11.4. The predicted octanol–water partition coefficient (Wildman–Crippen LogP) is -0.541. The summed E-state index contributed by atoms with van der Waals surface area (Å²) in [5.41, 5.74) is 0. The zero-order chi connectivity index (χ0) is 11.6. The van der Waals surface area contributed by atoms with Gasteiger partial charge in [0, 0.05) is 38.1 Å². The summed E-state index contributed by atoms with van der Waals surface area (Å²) in [4.78, 5) is 7.63. The van der Waals surface area contributed by atoms with Crippen LogP contribution in [0.1, 0.15) is 6.92 Å². The van der Waals surface area contributed by atoms with Crippen LogP contribution >= 0.6 is 0 Å². The van der Waals surface area contributed by atoms with E-state index < -0.39 is 10.0 Å². The minimum absolute atomic E-state index is 0.0174. The molecule has 1 aliphatic rings. The van der Waals surface area contributed by atoms with Gasteiger partial charge in [0.2, 0.25) is 0 Å². The highest BCUT2D eigenvalue weighted by Crippen LogP contribution is 2.15. The number of sulfonamides is 1. The topological polar surface area (TPSA) is 75.2 Å². The molecule has 1 unspecified atom stereocenters. The molecule has 6 nitrogen and oxygen atoms in total. The molecule has 16 heavy (non-hydrogen) atoms. The molecular formula is C9H14N4O2S. The normalized spacial score (nSPS) is 23.2. The Kier molecular flexibility index (Phi) is 3.17. The van der Waals surface area contributed by atoms with Gasteiger partial charge in [0.1, 0.15) is 0 Å². The maximum atomic E-state index is 12.2. The van der Waals surface area contributed by atoms with Gasteiger partial charge in [0.25, 0.3) is 10.0 Å². The second-order valence-electron chi connectivity index (χ2n) is 3.71. The molecule has 0 bridgehead atoms.